The molecule has 0 saturated heterocycles. The fourth-order valence-corrected chi connectivity index (χ4v) is 1.29. The number of aromatic hydroxyl groups is 1. The normalized spacial score (nSPS) is 11.5. The third kappa shape index (κ3) is 4.95. The highest BCUT2D eigenvalue weighted by Gasteiger charge is 2.26. The quantitative estimate of drug-likeness (QED) is 0.842. The van der Waals surface area contributed by atoms with Gasteiger partial charge in [0.2, 0.25) is 0 Å². The van der Waals surface area contributed by atoms with Crippen molar-refractivity contribution in [3.63, 3.8) is 0 Å². The van der Waals surface area contributed by atoms with Crippen molar-refractivity contribution in [2.45, 2.75) is 19.6 Å². The first-order valence-electron chi connectivity index (χ1n) is 5.14. The molecule has 17 heavy (non-hydrogen) atoms. The number of nitrogens with one attached hydrogen (secondary N) is 1. The lowest BCUT2D eigenvalue weighted by Gasteiger charge is -2.10. The predicted molar refractivity (Wildman–Crippen MR) is 57.0 cm³/mol. The van der Waals surface area contributed by atoms with Gasteiger partial charge in [-0.1, -0.05) is 6.07 Å². The van der Waals surface area contributed by atoms with Gasteiger partial charge in [0.25, 0.3) is 0 Å². The second-order valence-electron chi connectivity index (χ2n) is 3.45. The lowest BCUT2D eigenvalue weighted by atomic mass is 10.2. The van der Waals surface area contributed by atoms with Crippen molar-refractivity contribution >= 4 is 0 Å². The van der Waals surface area contributed by atoms with Crippen molar-refractivity contribution in [2.24, 2.45) is 0 Å². The van der Waals surface area contributed by atoms with Crippen molar-refractivity contribution in [3.8, 4) is 11.5 Å². The molecule has 0 fully saturated rings. The maximum atomic E-state index is 11.9. The molecule has 6 heteroatoms. The first-order valence-corrected chi connectivity index (χ1v) is 5.14. The van der Waals surface area contributed by atoms with Gasteiger partial charge in [-0.25, -0.2) is 0 Å². The second kappa shape index (κ2) is 5.77. The molecule has 1 aromatic carbocycles. The Labute approximate surface area is 97.2 Å². The minimum Gasteiger partial charge on any atom is -0.504 e. The molecule has 0 bridgehead atoms. The van der Waals surface area contributed by atoms with E-state index < -0.39 is 12.7 Å². The van der Waals surface area contributed by atoms with E-state index in [1.54, 1.807) is 13.0 Å². The van der Waals surface area contributed by atoms with Crippen LogP contribution in [-0.4, -0.2) is 24.4 Å². The lowest BCUT2D eigenvalue weighted by Crippen LogP contribution is -2.28. The molecule has 0 aromatic heterocycles. The van der Waals surface area contributed by atoms with Crippen LogP contribution in [0.15, 0.2) is 18.2 Å². The topological polar surface area (TPSA) is 41.5 Å². The Bertz CT molecular complexity index is 366. The Morgan fingerprint density at radius 3 is 2.65 bits per heavy atom. The first-order chi connectivity index (χ1) is 7.92. The summed E-state index contributed by atoms with van der Waals surface area (Å²) in [5, 5.41) is 11.7. The molecule has 0 spiro atoms. The molecule has 3 nitrogen and oxygen atoms in total. The van der Waals surface area contributed by atoms with Crippen LogP contribution in [0, 0.1) is 0 Å². The van der Waals surface area contributed by atoms with Gasteiger partial charge >= 0.3 is 6.18 Å². The fraction of sp³-hybridized carbons (Fsp3) is 0.455. The Morgan fingerprint density at radius 2 is 2.06 bits per heavy atom. The van der Waals surface area contributed by atoms with Crippen LogP contribution in [0.1, 0.15) is 12.5 Å². The summed E-state index contributed by atoms with van der Waals surface area (Å²) in [5.74, 6) is 0.255. The largest absolute Gasteiger partial charge is 0.504 e. The molecule has 2 N–H and O–H groups in total. The summed E-state index contributed by atoms with van der Waals surface area (Å²) >= 11 is 0. The standard InChI is InChI=1S/C11H14F3NO2/c1-2-17-10-5-8(3-4-9(10)16)6-15-7-11(12,13)14/h3-5,15-16H,2,6-7H2,1H3. The number of hydrogen-bond acceptors (Lipinski definition) is 3. The Hall–Kier alpha value is -1.43. The van der Waals surface area contributed by atoms with Gasteiger partial charge in [0, 0.05) is 6.54 Å². The monoisotopic (exact) mass is 249 g/mol. The van der Waals surface area contributed by atoms with Crippen molar-refractivity contribution in [1.29, 1.82) is 0 Å². The fourth-order valence-electron chi connectivity index (χ4n) is 1.29. The summed E-state index contributed by atoms with van der Waals surface area (Å²) in [4.78, 5) is 0. The van der Waals surface area contributed by atoms with Crippen LogP contribution >= 0.6 is 0 Å². The molecule has 0 unspecified atom stereocenters. The predicted octanol–water partition coefficient (Wildman–Crippen LogP) is 2.44. The third-order valence-corrected chi connectivity index (χ3v) is 1.98. The molecule has 0 radical (unpaired) electrons. The smallest absolute Gasteiger partial charge is 0.401 e. The number of hydrogen-bond donors (Lipinski definition) is 2. The number of ether oxygens (including phenoxy) is 1. The molecular weight excluding hydrogens is 235 g/mol. The van der Waals surface area contributed by atoms with Gasteiger partial charge in [-0.15, -0.1) is 0 Å². The SMILES string of the molecule is CCOc1cc(CNCC(F)(F)F)ccc1O. The van der Waals surface area contributed by atoms with Gasteiger partial charge in [0.1, 0.15) is 0 Å². The number of rotatable bonds is 5. The number of benzene rings is 1. The van der Waals surface area contributed by atoms with E-state index in [4.69, 9.17) is 4.74 Å². The average Bonchev–Trinajstić information content (AvgIpc) is 2.21. The summed E-state index contributed by atoms with van der Waals surface area (Å²) in [6, 6.07) is 4.46. The van der Waals surface area contributed by atoms with E-state index in [-0.39, 0.29) is 18.0 Å². The maximum absolute atomic E-state index is 11.9. The van der Waals surface area contributed by atoms with E-state index >= 15 is 0 Å². The first kappa shape index (κ1) is 13.6. The molecule has 0 saturated carbocycles. The molecule has 1 aromatic rings. The van der Waals surface area contributed by atoms with Crippen LogP contribution in [0.3, 0.4) is 0 Å². The van der Waals surface area contributed by atoms with Crippen molar-refractivity contribution in [2.75, 3.05) is 13.2 Å². The second-order valence-corrected chi connectivity index (χ2v) is 3.45. The van der Waals surface area contributed by atoms with Gasteiger partial charge in [0.15, 0.2) is 11.5 Å². The Morgan fingerprint density at radius 1 is 1.35 bits per heavy atom. The highest BCUT2D eigenvalue weighted by molar-refractivity contribution is 5.41. The van der Waals surface area contributed by atoms with E-state index in [2.05, 4.69) is 5.32 Å². The van der Waals surface area contributed by atoms with Gasteiger partial charge in [0.05, 0.1) is 13.2 Å². The maximum Gasteiger partial charge on any atom is 0.401 e. The van der Waals surface area contributed by atoms with Crippen molar-refractivity contribution in [1.82, 2.24) is 5.32 Å². The van der Waals surface area contributed by atoms with E-state index in [1.165, 1.54) is 12.1 Å². The zero-order valence-electron chi connectivity index (χ0n) is 9.34. The lowest BCUT2D eigenvalue weighted by molar-refractivity contribution is -0.125. The molecule has 0 heterocycles. The Balaban J connectivity index is 2.57. The number of alkyl halides is 3. The van der Waals surface area contributed by atoms with Crippen LogP contribution in [0.5, 0.6) is 11.5 Å². The minimum atomic E-state index is -4.22. The van der Waals surface area contributed by atoms with Crippen LogP contribution in [0.4, 0.5) is 13.2 Å². The zero-order valence-corrected chi connectivity index (χ0v) is 9.34. The van der Waals surface area contributed by atoms with Gasteiger partial charge in [-0.2, -0.15) is 13.2 Å². The number of phenolic OH excluding ortho intramolecular Hbond substituents is 1. The van der Waals surface area contributed by atoms with E-state index in [0.717, 1.165) is 0 Å². The van der Waals surface area contributed by atoms with Gasteiger partial charge in [-0.3, -0.25) is 0 Å². The molecule has 0 aliphatic carbocycles. The summed E-state index contributed by atoms with van der Waals surface area (Å²) in [6.07, 6.45) is -4.22. The summed E-state index contributed by atoms with van der Waals surface area (Å²) in [7, 11) is 0. The third-order valence-electron chi connectivity index (χ3n) is 1.98. The molecule has 0 aliphatic heterocycles. The highest BCUT2D eigenvalue weighted by Crippen LogP contribution is 2.26. The molecule has 1 rings (SSSR count). The molecule has 0 amide bonds. The summed E-state index contributed by atoms with van der Waals surface area (Å²) in [5.41, 5.74) is 0.621. The average molecular weight is 249 g/mol. The zero-order chi connectivity index (χ0) is 12.9. The van der Waals surface area contributed by atoms with Crippen LogP contribution < -0.4 is 10.1 Å². The van der Waals surface area contributed by atoms with E-state index in [9.17, 15) is 18.3 Å². The number of halogens is 3. The van der Waals surface area contributed by atoms with E-state index in [0.29, 0.717) is 12.2 Å². The van der Waals surface area contributed by atoms with Crippen molar-refractivity contribution < 1.29 is 23.0 Å². The van der Waals surface area contributed by atoms with Crippen LogP contribution in [0.2, 0.25) is 0 Å². The molecular formula is C11H14F3NO2. The minimum absolute atomic E-state index is 0.0218. The van der Waals surface area contributed by atoms with Crippen LogP contribution in [0.25, 0.3) is 0 Å². The van der Waals surface area contributed by atoms with E-state index in [1.807, 2.05) is 0 Å². The highest BCUT2D eigenvalue weighted by atomic mass is 19.4. The number of phenols is 1. The summed E-state index contributed by atoms with van der Waals surface area (Å²) < 4.78 is 40.8. The summed E-state index contributed by atoms with van der Waals surface area (Å²) in [6.45, 7) is 1.17. The van der Waals surface area contributed by atoms with Gasteiger partial charge < -0.3 is 15.2 Å². The van der Waals surface area contributed by atoms with Gasteiger partial charge in [-0.05, 0) is 24.6 Å². The Kier molecular flexibility index (Phi) is 4.62. The molecule has 0 aliphatic rings. The molecule has 96 valence electrons. The molecule has 0 atom stereocenters. The van der Waals surface area contributed by atoms with Crippen molar-refractivity contribution in [3.05, 3.63) is 23.8 Å². The van der Waals surface area contributed by atoms with Crippen LogP contribution in [-0.2, 0) is 6.54 Å².